The predicted molar refractivity (Wildman–Crippen MR) is 34.4 cm³/mol. The Morgan fingerprint density at radius 1 is 1.90 bits per heavy atom. The number of nitrogens with zero attached hydrogens (tertiary/aromatic N) is 3. The van der Waals surface area contributed by atoms with Crippen LogP contribution in [0.4, 0.5) is 0 Å². The second-order valence-corrected chi connectivity index (χ2v) is 2.26. The van der Waals surface area contributed by atoms with E-state index in [-0.39, 0.29) is 6.10 Å². The summed E-state index contributed by atoms with van der Waals surface area (Å²) in [6.07, 6.45) is 1.79. The molecule has 0 N–H and O–H groups in total. The Morgan fingerprint density at radius 2 is 2.70 bits per heavy atom. The SMILES string of the molecule is CCn1ncnc1[C@H]1CO1. The van der Waals surface area contributed by atoms with E-state index in [2.05, 4.69) is 10.1 Å². The van der Waals surface area contributed by atoms with E-state index in [0.29, 0.717) is 0 Å². The summed E-state index contributed by atoms with van der Waals surface area (Å²) in [5.41, 5.74) is 0. The number of epoxide rings is 1. The van der Waals surface area contributed by atoms with Crippen molar-refractivity contribution in [1.29, 1.82) is 0 Å². The first-order chi connectivity index (χ1) is 4.92. The molecule has 1 aliphatic rings. The highest BCUT2D eigenvalue weighted by Crippen LogP contribution is 2.27. The third kappa shape index (κ3) is 0.806. The lowest BCUT2D eigenvalue weighted by molar-refractivity contribution is 0.395. The average Bonchev–Trinajstić information content (AvgIpc) is 2.69. The van der Waals surface area contributed by atoms with Gasteiger partial charge in [-0.2, -0.15) is 5.10 Å². The first-order valence-electron chi connectivity index (χ1n) is 3.41. The summed E-state index contributed by atoms with van der Waals surface area (Å²) >= 11 is 0. The van der Waals surface area contributed by atoms with E-state index < -0.39 is 0 Å². The lowest BCUT2D eigenvalue weighted by atomic mass is 10.4. The van der Waals surface area contributed by atoms with E-state index in [1.165, 1.54) is 0 Å². The van der Waals surface area contributed by atoms with Crippen LogP contribution < -0.4 is 0 Å². The van der Waals surface area contributed by atoms with E-state index >= 15 is 0 Å². The van der Waals surface area contributed by atoms with Gasteiger partial charge < -0.3 is 4.74 Å². The summed E-state index contributed by atoms with van der Waals surface area (Å²) in [4.78, 5) is 4.08. The van der Waals surface area contributed by atoms with Gasteiger partial charge >= 0.3 is 0 Å². The molecule has 2 rings (SSSR count). The molecule has 0 radical (unpaired) electrons. The van der Waals surface area contributed by atoms with Crippen LogP contribution >= 0.6 is 0 Å². The van der Waals surface area contributed by atoms with Gasteiger partial charge in [0, 0.05) is 6.54 Å². The molecule has 1 aromatic heterocycles. The van der Waals surface area contributed by atoms with Crippen LogP contribution in [0.15, 0.2) is 6.33 Å². The monoisotopic (exact) mass is 139 g/mol. The Hall–Kier alpha value is -0.900. The minimum atomic E-state index is 0.224. The number of aryl methyl sites for hydroxylation is 1. The molecule has 0 aromatic carbocycles. The molecule has 1 fully saturated rings. The molecule has 1 saturated heterocycles. The van der Waals surface area contributed by atoms with Crippen molar-refractivity contribution in [3.8, 4) is 0 Å². The zero-order chi connectivity index (χ0) is 6.97. The van der Waals surface area contributed by atoms with Gasteiger partial charge in [-0.05, 0) is 6.92 Å². The molecule has 54 valence electrons. The number of hydrogen-bond acceptors (Lipinski definition) is 3. The number of aromatic nitrogens is 3. The maximum Gasteiger partial charge on any atom is 0.158 e. The van der Waals surface area contributed by atoms with Gasteiger partial charge in [-0.1, -0.05) is 0 Å². The van der Waals surface area contributed by atoms with E-state index in [1.54, 1.807) is 6.33 Å². The van der Waals surface area contributed by atoms with Gasteiger partial charge in [-0.25, -0.2) is 9.67 Å². The maximum absolute atomic E-state index is 5.07. The van der Waals surface area contributed by atoms with Crippen molar-refractivity contribution in [2.75, 3.05) is 6.61 Å². The molecule has 0 aliphatic carbocycles. The van der Waals surface area contributed by atoms with Crippen molar-refractivity contribution < 1.29 is 4.74 Å². The van der Waals surface area contributed by atoms with Crippen molar-refractivity contribution in [2.45, 2.75) is 19.6 Å². The zero-order valence-electron chi connectivity index (χ0n) is 5.82. The van der Waals surface area contributed by atoms with Crippen LogP contribution in [0.5, 0.6) is 0 Å². The van der Waals surface area contributed by atoms with Crippen LogP contribution in [0.25, 0.3) is 0 Å². The van der Waals surface area contributed by atoms with Gasteiger partial charge in [-0.15, -0.1) is 0 Å². The van der Waals surface area contributed by atoms with Crippen molar-refractivity contribution in [2.24, 2.45) is 0 Å². The van der Waals surface area contributed by atoms with E-state index in [1.807, 2.05) is 11.6 Å². The van der Waals surface area contributed by atoms with Crippen molar-refractivity contribution >= 4 is 0 Å². The molecule has 1 atom stereocenters. The van der Waals surface area contributed by atoms with Crippen LogP contribution in [-0.4, -0.2) is 21.4 Å². The lowest BCUT2D eigenvalue weighted by Crippen LogP contribution is -2.02. The highest BCUT2D eigenvalue weighted by Gasteiger charge is 2.29. The van der Waals surface area contributed by atoms with E-state index in [0.717, 1.165) is 19.0 Å². The van der Waals surface area contributed by atoms with Crippen LogP contribution in [-0.2, 0) is 11.3 Å². The molecule has 10 heavy (non-hydrogen) atoms. The maximum atomic E-state index is 5.07. The van der Waals surface area contributed by atoms with Gasteiger partial charge in [0.1, 0.15) is 12.4 Å². The third-order valence-electron chi connectivity index (χ3n) is 1.57. The third-order valence-corrected chi connectivity index (χ3v) is 1.57. The van der Waals surface area contributed by atoms with Gasteiger partial charge in [0.05, 0.1) is 6.61 Å². The predicted octanol–water partition coefficient (Wildman–Crippen LogP) is 0.369. The minimum Gasteiger partial charge on any atom is -0.365 e. The number of rotatable bonds is 2. The fraction of sp³-hybridized carbons (Fsp3) is 0.667. The Morgan fingerprint density at radius 3 is 3.30 bits per heavy atom. The molecule has 0 saturated carbocycles. The van der Waals surface area contributed by atoms with Gasteiger partial charge in [-0.3, -0.25) is 0 Å². The molecule has 4 nitrogen and oxygen atoms in total. The smallest absolute Gasteiger partial charge is 0.158 e. The normalized spacial score (nSPS) is 23.1. The van der Waals surface area contributed by atoms with Gasteiger partial charge in [0.25, 0.3) is 0 Å². The highest BCUT2D eigenvalue weighted by atomic mass is 16.6. The molecule has 0 bridgehead atoms. The Kier molecular flexibility index (Phi) is 1.20. The average molecular weight is 139 g/mol. The largest absolute Gasteiger partial charge is 0.365 e. The summed E-state index contributed by atoms with van der Waals surface area (Å²) in [5, 5.41) is 4.02. The second-order valence-electron chi connectivity index (χ2n) is 2.26. The number of ether oxygens (including phenoxy) is 1. The Balaban J connectivity index is 2.28. The van der Waals surface area contributed by atoms with E-state index in [9.17, 15) is 0 Å². The first-order valence-corrected chi connectivity index (χ1v) is 3.41. The Bertz CT molecular complexity index is 229. The summed E-state index contributed by atoms with van der Waals surface area (Å²) in [6, 6.07) is 0. The Labute approximate surface area is 58.8 Å². The van der Waals surface area contributed by atoms with E-state index in [4.69, 9.17) is 4.74 Å². The number of hydrogen-bond donors (Lipinski definition) is 0. The molecule has 4 heteroatoms. The summed E-state index contributed by atoms with van der Waals surface area (Å²) in [5.74, 6) is 0.961. The summed E-state index contributed by atoms with van der Waals surface area (Å²) in [6.45, 7) is 3.72. The molecule has 0 spiro atoms. The van der Waals surface area contributed by atoms with Crippen molar-refractivity contribution in [3.63, 3.8) is 0 Å². The standard InChI is InChI=1S/C6H9N3O/c1-2-9-6(5-3-10-5)7-4-8-9/h4-5H,2-3H2,1H3/t5-/m1/s1. The lowest BCUT2D eigenvalue weighted by Gasteiger charge is -1.96. The fourth-order valence-electron chi connectivity index (χ4n) is 0.963. The first kappa shape index (κ1) is 5.85. The molecule has 1 aromatic rings. The minimum absolute atomic E-state index is 0.224. The van der Waals surface area contributed by atoms with Crippen LogP contribution in [0.2, 0.25) is 0 Å². The molecule has 1 aliphatic heterocycles. The summed E-state index contributed by atoms with van der Waals surface area (Å²) in [7, 11) is 0. The topological polar surface area (TPSA) is 43.2 Å². The van der Waals surface area contributed by atoms with Gasteiger partial charge in [0.2, 0.25) is 0 Å². The van der Waals surface area contributed by atoms with Crippen LogP contribution in [0.1, 0.15) is 18.9 Å². The quantitative estimate of drug-likeness (QED) is 0.556. The molecule has 0 unspecified atom stereocenters. The summed E-state index contributed by atoms with van der Waals surface area (Å²) < 4.78 is 6.93. The van der Waals surface area contributed by atoms with Crippen LogP contribution in [0, 0.1) is 0 Å². The molecular formula is C6H9N3O. The highest BCUT2D eigenvalue weighted by molar-refractivity contribution is 4.96. The van der Waals surface area contributed by atoms with Crippen molar-refractivity contribution in [3.05, 3.63) is 12.2 Å². The molecular weight excluding hydrogens is 130 g/mol. The second kappa shape index (κ2) is 2.05. The fourth-order valence-corrected chi connectivity index (χ4v) is 0.963. The van der Waals surface area contributed by atoms with Gasteiger partial charge in [0.15, 0.2) is 5.82 Å². The van der Waals surface area contributed by atoms with Crippen LogP contribution in [0.3, 0.4) is 0 Å². The molecule has 2 heterocycles. The van der Waals surface area contributed by atoms with Crippen molar-refractivity contribution in [1.82, 2.24) is 14.8 Å². The molecule has 0 amide bonds. The zero-order valence-corrected chi connectivity index (χ0v) is 5.82.